The zero-order valence-corrected chi connectivity index (χ0v) is 26.2. The second-order valence-corrected chi connectivity index (χ2v) is 13.1. The van der Waals surface area contributed by atoms with E-state index in [0.29, 0.717) is 0 Å². The number of rotatable bonds is 11. The van der Waals surface area contributed by atoms with Crippen LogP contribution in [-0.2, 0) is 12.8 Å². The molecule has 2 aromatic heterocycles. The molecule has 0 bridgehead atoms. The summed E-state index contributed by atoms with van der Waals surface area (Å²) >= 11 is 3.75. The highest BCUT2D eigenvalue weighted by atomic mass is 32.1. The molecule has 0 saturated carbocycles. The van der Waals surface area contributed by atoms with E-state index in [1.54, 1.807) is 0 Å². The van der Waals surface area contributed by atoms with Crippen LogP contribution in [0.25, 0.3) is 43.1 Å². The van der Waals surface area contributed by atoms with Crippen LogP contribution >= 0.6 is 22.7 Å². The molecule has 0 unspecified atom stereocenters. The summed E-state index contributed by atoms with van der Waals surface area (Å²) in [6.07, 6.45) is 7.29. The Hall–Kier alpha value is -3.72. The lowest BCUT2D eigenvalue weighted by Crippen LogP contribution is -1.93. The third kappa shape index (κ3) is 6.51. The van der Waals surface area contributed by atoms with Crippen molar-refractivity contribution in [3.8, 4) is 43.1 Å². The average Bonchev–Trinajstić information content (AvgIpc) is 3.68. The molecule has 0 radical (unpaired) electrons. The van der Waals surface area contributed by atoms with Crippen molar-refractivity contribution >= 4 is 22.7 Å². The van der Waals surface area contributed by atoms with E-state index in [4.69, 9.17) is 0 Å². The molecule has 0 aliphatic rings. The summed E-state index contributed by atoms with van der Waals surface area (Å²) in [6, 6.07) is 40.0. The van der Waals surface area contributed by atoms with Crippen molar-refractivity contribution in [2.75, 3.05) is 0 Å². The van der Waals surface area contributed by atoms with Gasteiger partial charge >= 0.3 is 0 Å². The zero-order chi connectivity index (χ0) is 28.7. The monoisotopic (exact) mass is 582 g/mol. The second kappa shape index (κ2) is 13.5. The fourth-order valence-electron chi connectivity index (χ4n) is 5.88. The van der Waals surface area contributed by atoms with E-state index in [1.165, 1.54) is 91.1 Å². The lowest BCUT2D eigenvalue weighted by molar-refractivity contribution is 0.641. The van der Waals surface area contributed by atoms with Crippen molar-refractivity contribution in [3.63, 3.8) is 0 Å². The third-order valence-corrected chi connectivity index (χ3v) is 10.4. The molecule has 2 heteroatoms. The van der Waals surface area contributed by atoms with Crippen LogP contribution in [0.2, 0.25) is 0 Å². The van der Waals surface area contributed by atoms with E-state index in [2.05, 4.69) is 134 Å². The number of hydrogen-bond donors (Lipinski definition) is 0. The summed E-state index contributed by atoms with van der Waals surface area (Å²) in [5.74, 6) is 0. The topological polar surface area (TPSA) is 0 Å². The lowest BCUT2D eigenvalue weighted by Gasteiger charge is -2.11. The molecule has 0 amide bonds. The number of benzene rings is 4. The van der Waals surface area contributed by atoms with E-state index in [0.717, 1.165) is 12.8 Å². The van der Waals surface area contributed by atoms with Crippen molar-refractivity contribution < 1.29 is 0 Å². The SMILES string of the molecule is Cc1ccc(-c2csc(-c3ccccc3CCCCCCc3ccccc3-c3cc(-c4ccccc4)cs3)c2C)cc1. The highest BCUT2D eigenvalue weighted by Crippen LogP contribution is 2.40. The van der Waals surface area contributed by atoms with Crippen LogP contribution in [0.3, 0.4) is 0 Å². The normalized spacial score (nSPS) is 11.2. The predicted molar refractivity (Wildman–Crippen MR) is 186 cm³/mol. The number of thiophene rings is 2. The van der Waals surface area contributed by atoms with Crippen LogP contribution in [0.4, 0.5) is 0 Å². The first kappa shape index (κ1) is 28.4. The standard InChI is InChI=1S/C40H38S2/c1-29-22-24-34(25-23-29)38-28-42-40(30(38)2)37-21-13-11-19-33(37)17-7-4-3-6-16-32-18-10-12-20-36(32)39-26-35(27-41-39)31-14-8-5-9-15-31/h5,8-15,18-28H,3-4,6-7,16-17H2,1-2H3. The minimum atomic E-state index is 1.14. The smallest absolute Gasteiger partial charge is 0.0381 e. The second-order valence-electron chi connectivity index (χ2n) is 11.3. The van der Waals surface area contributed by atoms with Crippen LogP contribution in [0.5, 0.6) is 0 Å². The number of aryl methyl sites for hydroxylation is 3. The number of unbranched alkanes of at least 4 members (excludes halogenated alkanes) is 3. The Kier molecular flexibility index (Phi) is 9.13. The molecule has 0 saturated heterocycles. The van der Waals surface area contributed by atoms with Gasteiger partial charge in [0.2, 0.25) is 0 Å². The summed E-state index contributed by atoms with van der Waals surface area (Å²) < 4.78 is 0. The summed E-state index contributed by atoms with van der Waals surface area (Å²) in [7, 11) is 0. The minimum Gasteiger partial charge on any atom is -0.143 e. The molecule has 0 aliphatic heterocycles. The largest absolute Gasteiger partial charge is 0.143 e. The summed E-state index contributed by atoms with van der Waals surface area (Å²) in [5, 5.41) is 4.63. The quantitative estimate of drug-likeness (QED) is 0.133. The number of hydrogen-bond acceptors (Lipinski definition) is 2. The first-order valence-corrected chi connectivity index (χ1v) is 16.9. The first-order chi connectivity index (χ1) is 20.7. The minimum absolute atomic E-state index is 1.14. The van der Waals surface area contributed by atoms with E-state index in [1.807, 2.05) is 22.7 Å². The Morgan fingerprint density at radius 2 is 1.10 bits per heavy atom. The van der Waals surface area contributed by atoms with Gasteiger partial charge in [-0.3, -0.25) is 0 Å². The van der Waals surface area contributed by atoms with Crippen molar-refractivity contribution in [2.45, 2.75) is 52.4 Å². The van der Waals surface area contributed by atoms with Gasteiger partial charge in [0.25, 0.3) is 0 Å². The zero-order valence-electron chi connectivity index (χ0n) is 24.6. The Balaban J connectivity index is 1.05. The molecule has 0 atom stereocenters. The Morgan fingerprint density at radius 1 is 0.476 bits per heavy atom. The maximum Gasteiger partial charge on any atom is 0.0381 e. The Morgan fingerprint density at radius 3 is 1.81 bits per heavy atom. The van der Waals surface area contributed by atoms with Crippen molar-refractivity contribution in [3.05, 3.63) is 142 Å². The van der Waals surface area contributed by atoms with Gasteiger partial charge in [-0.2, -0.15) is 0 Å². The fourth-order valence-corrected chi connectivity index (χ4v) is 8.02. The molecule has 0 N–H and O–H groups in total. The molecule has 2 heterocycles. The molecular formula is C40H38S2. The van der Waals surface area contributed by atoms with Gasteiger partial charge in [0.1, 0.15) is 0 Å². The van der Waals surface area contributed by atoms with E-state index < -0.39 is 0 Å². The highest BCUT2D eigenvalue weighted by molar-refractivity contribution is 7.14. The maximum atomic E-state index is 2.36. The van der Waals surface area contributed by atoms with Crippen LogP contribution in [0, 0.1) is 13.8 Å². The average molecular weight is 583 g/mol. The van der Waals surface area contributed by atoms with Crippen LogP contribution in [0.1, 0.15) is 47.9 Å². The lowest BCUT2D eigenvalue weighted by atomic mass is 9.95. The van der Waals surface area contributed by atoms with Gasteiger partial charge in [0.05, 0.1) is 0 Å². The molecule has 6 aromatic rings. The van der Waals surface area contributed by atoms with Gasteiger partial charge < -0.3 is 0 Å². The van der Waals surface area contributed by atoms with Crippen LogP contribution < -0.4 is 0 Å². The third-order valence-electron chi connectivity index (χ3n) is 8.30. The molecule has 6 rings (SSSR count). The van der Waals surface area contributed by atoms with Gasteiger partial charge in [-0.25, -0.2) is 0 Å². The van der Waals surface area contributed by atoms with Gasteiger partial charge in [0, 0.05) is 9.75 Å². The van der Waals surface area contributed by atoms with Gasteiger partial charge in [-0.15, -0.1) is 22.7 Å². The molecule has 4 aromatic carbocycles. The maximum absolute atomic E-state index is 2.36. The molecular weight excluding hydrogens is 545 g/mol. The predicted octanol–water partition coefficient (Wildman–Crippen LogP) is 12.4. The first-order valence-electron chi connectivity index (χ1n) is 15.1. The summed E-state index contributed by atoms with van der Waals surface area (Å²) in [5.41, 5.74) is 13.8. The summed E-state index contributed by atoms with van der Waals surface area (Å²) in [4.78, 5) is 2.79. The molecule has 0 spiro atoms. The van der Waals surface area contributed by atoms with Crippen molar-refractivity contribution in [1.29, 1.82) is 0 Å². The van der Waals surface area contributed by atoms with Gasteiger partial charge in [-0.05, 0) is 106 Å². The molecule has 0 fully saturated rings. The van der Waals surface area contributed by atoms with Crippen LogP contribution in [-0.4, -0.2) is 0 Å². The Labute approximate surface area is 259 Å². The fraction of sp³-hybridized carbons (Fsp3) is 0.200. The molecule has 42 heavy (non-hydrogen) atoms. The van der Waals surface area contributed by atoms with E-state index >= 15 is 0 Å². The van der Waals surface area contributed by atoms with Crippen molar-refractivity contribution in [1.82, 2.24) is 0 Å². The van der Waals surface area contributed by atoms with Crippen LogP contribution in [0.15, 0.2) is 120 Å². The molecule has 0 aliphatic carbocycles. The molecule has 0 nitrogen and oxygen atoms in total. The van der Waals surface area contributed by atoms with E-state index in [9.17, 15) is 0 Å². The van der Waals surface area contributed by atoms with Gasteiger partial charge in [0.15, 0.2) is 0 Å². The summed E-state index contributed by atoms with van der Waals surface area (Å²) in [6.45, 7) is 4.44. The molecule has 210 valence electrons. The van der Waals surface area contributed by atoms with E-state index in [-0.39, 0.29) is 0 Å². The van der Waals surface area contributed by atoms with Crippen molar-refractivity contribution in [2.24, 2.45) is 0 Å². The Bertz CT molecular complexity index is 1730. The van der Waals surface area contributed by atoms with Gasteiger partial charge in [-0.1, -0.05) is 122 Å². The highest BCUT2D eigenvalue weighted by Gasteiger charge is 2.14.